The molecular formula is C10H12ClF2NO. The fourth-order valence-corrected chi connectivity index (χ4v) is 1.23. The monoisotopic (exact) mass is 235 g/mol. The van der Waals surface area contributed by atoms with Crippen molar-refractivity contribution >= 4 is 17.3 Å². The van der Waals surface area contributed by atoms with Crippen LogP contribution in [0.3, 0.4) is 0 Å². The zero-order valence-corrected chi connectivity index (χ0v) is 8.98. The van der Waals surface area contributed by atoms with Gasteiger partial charge in [-0.3, -0.25) is 0 Å². The third kappa shape index (κ3) is 3.04. The van der Waals surface area contributed by atoms with Gasteiger partial charge in [0.05, 0.1) is 12.0 Å². The number of aliphatic hydroxyl groups excluding tert-OH is 1. The molecule has 15 heavy (non-hydrogen) atoms. The summed E-state index contributed by atoms with van der Waals surface area (Å²) in [7, 11) is 0. The van der Waals surface area contributed by atoms with E-state index in [1.54, 1.807) is 0 Å². The van der Waals surface area contributed by atoms with Crippen LogP contribution in [0.15, 0.2) is 12.1 Å². The van der Waals surface area contributed by atoms with Crippen molar-refractivity contribution in [3.05, 3.63) is 29.3 Å². The van der Waals surface area contributed by atoms with Gasteiger partial charge in [-0.15, -0.1) is 11.6 Å². The molecule has 2 nitrogen and oxygen atoms in total. The van der Waals surface area contributed by atoms with E-state index >= 15 is 0 Å². The molecule has 84 valence electrons. The van der Waals surface area contributed by atoms with Crippen LogP contribution in [0, 0.1) is 18.6 Å². The summed E-state index contributed by atoms with van der Waals surface area (Å²) in [5.74, 6) is -1.66. The van der Waals surface area contributed by atoms with Crippen molar-refractivity contribution in [3.8, 4) is 0 Å². The van der Waals surface area contributed by atoms with Crippen molar-refractivity contribution in [2.45, 2.75) is 13.0 Å². The van der Waals surface area contributed by atoms with Gasteiger partial charge in [-0.25, -0.2) is 8.78 Å². The van der Waals surface area contributed by atoms with E-state index in [2.05, 4.69) is 5.32 Å². The predicted molar refractivity (Wildman–Crippen MR) is 56.3 cm³/mol. The highest BCUT2D eigenvalue weighted by atomic mass is 35.5. The second-order valence-electron chi connectivity index (χ2n) is 3.22. The van der Waals surface area contributed by atoms with Crippen molar-refractivity contribution < 1.29 is 13.9 Å². The lowest BCUT2D eigenvalue weighted by molar-refractivity contribution is 0.211. The van der Waals surface area contributed by atoms with Gasteiger partial charge in [0.25, 0.3) is 0 Å². The normalized spacial score (nSPS) is 12.6. The summed E-state index contributed by atoms with van der Waals surface area (Å²) in [6.45, 7) is 1.67. The lowest BCUT2D eigenvalue weighted by atomic mass is 10.2. The summed E-state index contributed by atoms with van der Waals surface area (Å²) >= 11 is 5.39. The van der Waals surface area contributed by atoms with Gasteiger partial charge in [0, 0.05) is 17.8 Å². The maximum Gasteiger partial charge on any atom is 0.163 e. The quantitative estimate of drug-likeness (QED) is 0.785. The van der Waals surface area contributed by atoms with E-state index in [1.807, 2.05) is 0 Å². The first-order valence-electron chi connectivity index (χ1n) is 4.48. The van der Waals surface area contributed by atoms with E-state index in [4.69, 9.17) is 11.6 Å². The maximum atomic E-state index is 13.1. The van der Waals surface area contributed by atoms with Gasteiger partial charge < -0.3 is 10.4 Å². The third-order valence-corrected chi connectivity index (χ3v) is 2.40. The molecule has 0 spiro atoms. The number of hydrogen-bond acceptors (Lipinski definition) is 2. The molecule has 1 aromatic rings. The van der Waals surface area contributed by atoms with Crippen LogP contribution in [-0.2, 0) is 0 Å². The summed E-state index contributed by atoms with van der Waals surface area (Å²) in [5, 5.41) is 12.0. The second kappa shape index (κ2) is 5.28. The molecule has 0 aliphatic rings. The zero-order chi connectivity index (χ0) is 11.4. The Balaban J connectivity index is 2.74. The van der Waals surface area contributed by atoms with Crippen LogP contribution in [0.1, 0.15) is 5.56 Å². The number of hydrogen-bond donors (Lipinski definition) is 2. The average Bonchev–Trinajstić information content (AvgIpc) is 2.24. The minimum absolute atomic E-state index is 0.0930. The van der Waals surface area contributed by atoms with Gasteiger partial charge in [0.2, 0.25) is 0 Å². The van der Waals surface area contributed by atoms with Gasteiger partial charge in [0.1, 0.15) is 0 Å². The zero-order valence-electron chi connectivity index (χ0n) is 8.23. The molecular weight excluding hydrogens is 224 g/mol. The molecule has 1 rings (SSSR count). The van der Waals surface area contributed by atoms with Gasteiger partial charge in [-0.2, -0.15) is 0 Å². The van der Waals surface area contributed by atoms with Gasteiger partial charge >= 0.3 is 0 Å². The molecule has 1 aromatic carbocycles. The lowest BCUT2D eigenvalue weighted by Crippen LogP contribution is -2.21. The van der Waals surface area contributed by atoms with E-state index in [0.717, 1.165) is 6.07 Å². The molecule has 0 aliphatic heterocycles. The van der Waals surface area contributed by atoms with Crippen LogP contribution in [0.5, 0.6) is 0 Å². The van der Waals surface area contributed by atoms with Gasteiger partial charge in [-0.05, 0) is 19.1 Å². The Morgan fingerprint density at radius 3 is 2.73 bits per heavy atom. The molecule has 0 bridgehead atoms. The molecule has 0 amide bonds. The van der Waals surface area contributed by atoms with Crippen molar-refractivity contribution in [3.63, 3.8) is 0 Å². The van der Waals surface area contributed by atoms with Crippen LogP contribution < -0.4 is 5.32 Å². The van der Waals surface area contributed by atoms with Crippen molar-refractivity contribution in [2.75, 3.05) is 17.7 Å². The molecule has 2 N–H and O–H groups in total. The number of nitrogens with one attached hydrogen (secondary N) is 1. The number of halogens is 3. The Kier molecular flexibility index (Phi) is 4.29. The summed E-state index contributed by atoms with van der Waals surface area (Å²) in [4.78, 5) is 0. The van der Waals surface area contributed by atoms with Crippen LogP contribution >= 0.6 is 11.6 Å². The molecule has 0 heterocycles. The van der Waals surface area contributed by atoms with Crippen molar-refractivity contribution in [1.82, 2.24) is 0 Å². The Bertz CT molecular complexity index is 346. The van der Waals surface area contributed by atoms with Crippen LogP contribution in [0.25, 0.3) is 0 Å². The molecule has 0 aliphatic carbocycles. The first-order valence-corrected chi connectivity index (χ1v) is 5.02. The summed E-state index contributed by atoms with van der Waals surface area (Å²) in [6, 6.07) is 2.46. The molecule has 0 saturated heterocycles. The SMILES string of the molecule is Cc1c(NCC(O)CCl)ccc(F)c1F. The van der Waals surface area contributed by atoms with E-state index < -0.39 is 17.7 Å². The molecule has 1 atom stereocenters. The van der Waals surface area contributed by atoms with Crippen molar-refractivity contribution in [2.24, 2.45) is 0 Å². The van der Waals surface area contributed by atoms with Crippen LogP contribution in [0.4, 0.5) is 14.5 Å². The summed E-state index contributed by atoms with van der Waals surface area (Å²) in [5.41, 5.74) is 0.648. The average molecular weight is 236 g/mol. The molecule has 0 aromatic heterocycles. The first kappa shape index (κ1) is 12.2. The minimum atomic E-state index is -0.879. The molecule has 0 fully saturated rings. The Labute approximate surface area is 91.9 Å². The smallest absolute Gasteiger partial charge is 0.163 e. The Morgan fingerprint density at radius 1 is 1.47 bits per heavy atom. The Hall–Kier alpha value is -0.870. The van der Waals surface area contributed by atoms with Crippen molar-refractivity contribution in [1.29, 1.82) is 0 Å². The topological polar surface area (TPSA) is 32.3 Å². The number of anilines is 1. The minimum Gasteiger partial charge on any atom is -0.390 e. The van der Waals surface area contributed by atoms with Crippen LogP contribution in [0.2, 0.25) is 0 Å². The Morgan fingerprint density at radius 2 is 2.13 bits per heavy atom. The van der Waals surface area contributed by atoms with E-state index in [-0.39, 0.29) is 18.0 Å². The third-order valence-electron chi connectivity index (χ3n) is 2.05. The molecule has 5 heteroatoms. The lowest BCUT2D eigenvalue weighted by Gasteiger charge is -2.12. The standard InChI is InChI=1S/C10H12ClF2NO/c1-6-9(14-5-7(15)4-11)3-2-8(12)10(6)13/h2-3,7,14-15H,4-5H2,1H3. The first-order chi connectivity index (χ1) is 7.06. The molecule has 0 radical (unpaired) electrons. The molecule has 1 unspecified atom stereocenters. The van der Waals surface area contributed by atoms with E-state index in [1.165, 1.54) is 13.0 Å². The maximum absolute atomic E-state index is 13.1. The number of benzene rings is 1. The highest BCUT2D eigenvalue weighted by Gasteiger charge is 2.10. The fraction of sp³-hybridized carbons (Fsp3) is 0.400. The highest BCUT2D eigenvalue weighted by molar-refractivity contribution is 6.18. The fourth-order valence-electron chi connectivity index (χ4n) is 1.13. The number of rotatable bonds is 4. The highest BCUT2D eigenvalue weighted by Crippen LogP contribution is 2.20. The molecule has 0 saturated carbocycles. The van der Waals surface area contributed by atoms with E-state index in [0.29, 0.717) is 5.69 Å². The van der Waals surface area contributed by atoms with Gasteiger partial charge in [0.15, 0.2) is 11.6 Å². The summed E-state index contributed by atoms with van der Waals surface area (Å²) in [6.07, 6.45) is -0.709. The predicted octanol–water partition coefficient (Wildman–Crippen LogP) is 2.28. The van der Waals surface area contributed by atoms with Gasteiger partial charge in [-0.1, -0.05) is 0 Å². The largest absolute Gasteiger partial charge is 0.390 e. The van der Waals surface area contributed by atoms with E-state index in [9.17, 15) is 13.9 Å². The summed E-state index contributed by atoms with van der Waals surface area (Å²) < 4.78 is 25.8. The number of aliphatic hydroxyl groups is 1. The second-order valence-corrected chi connectivity index (χ2v) is 3.53. The number of alkyl halides is 1. The van der Waals surface area contributed by atoms with Crippen LogP contribution in [-0.4, -0.2) is 23.6 Å².